The molecule has 2 aromatic carbocycles. The van der Waals surface area contributed by atoms with Gasteiger partial charge in [0.15, 0.2) is 10.8 Å². The monoisotopic (exact) mass is 475 g/mol. The average Bonchev–Trinajstić information content (AvgIpc) is 3.14. The van der Waals surface area contributed by atoms with Crippen LogP contribution in [0.3, 0.4) is 0 Å². The lowest BCUT2D eigenvalue weighted by molar-refractivity contribution is 0.278. The lowest BCUT2D eigenvalue weighted by atomic mass is 10.0. The number of nitrogens with zero attached hydrogens (tertiary/aromatic N) is 2. The Labute approximate surface area is 188 Å². The smallest absolute Gasteiger partial charge is 0.338 e. The quantitative estimate of drug-likeness (QED) is 0.225. The Morgan fingerprint density at radius 1 is 1.13 bits per heavy atom. The molecule has 7 nitrogen and oxygen atoms in total. The van der Waals surface area contributed by atoms with E-state index in [1.54, 1.807) is 25.1 Å². The molecule has 2 heterocycles. The molecule has 0 saturated heterocycles. The summed E-state index contributed by atoms with van der Waals surface area (Å²) in [5, 5.41) is 11.0. The van der Waals surface area contributed by atoms with Crippen molar-refractivity contribution in [3.63, 3.8) is 0 Å². The number of pyridine rings is 1. The summed E-state index contributed by atoms with van der Waals surface area (Å²) in [4.78, 5) is 21.7. The number of phenols is 1. The van der Waals surface area contributed by atoms with E-state index in [1.807, 2.05) is 36.4 Å². The number of hydrogen-bond acceptors (Lipinski definition) is 6. The molecule has 10 heteroatoms. The third-order valence-electron chi connectivity index (χ3n) is 4.47. The fourth-order valence-corrected chi connectivity index (χ4v) is 5.51. The number of H-pyrrole nitrogens is 1. The van der Waals surface area contributed by atoms with Crippen LogP contribution in [0.25, 0.3) is 33.5 Å². The van der Waals surface area contributed by atoms with Gasteiger partial charge in [-0.05, 0) is 24.6 Å². The first-order valence-electron chi connectivity index (χ1n) is 9.40. The van der Waals surface area contributed by atoms with Crippen LogP contribution in [0.1, 0.15) is 6.92 Å². The molecule has 160 valence electrons. The van der Waals surface area contributed by atoms with E-state index >= 15 is 0 Å². The molecule has 2 aromatic heterocycles. The molecule has 0 radical (unpaired) electrons. The summed E-state index contributed by atoms with van der Waals surface area (Å²) in [6.45, 7) is 1.83. The van der Waals surface area contributed by atoms with Crippen molar-refractivity contribution in [2.45, 2.75) is 12.1 Å². The lowest BCUT2D eigenvalue weighted by Crippen LogP contribution is -1.91. The number of fused-ring (bicyclic) bond motifs is 1. The van der Waals surface area contributed by atoms with Gasteiger partial charge in [0.2, 0.25) is 0 Å². The molecule has 0 fully saturated rings. The normalized spacial score (nSPS) is 13.4. The molecule has 1 unspecified atom stereocenters. The number of para-hydroxylation sites is 1. The summed E-state index contributed by atoms with van der Waals surface area (Å²) >= 11 is 7.55. The van der Waals surface area contributed by atoms with Crippen molar-refractivity contribution in [3.05, 3.63) is 59.6 Å². The maximum atomic E-state index is 11.9. The Morgan fingerprint density at radius 3 is 2.55 bits per heavy atom. The van der Waals surface area contributed by atoms with Gasteiger partial charge in [-0.15, -0.1) is 0 Å². The fraction of sp³-hybridized carbons (Fsp3) is 0.143. The van der Waals surface area contributed by atoms with Gasteiger partial charge in [-0.2, -0.15) is 0 Å². The number of imidazole rings is 1. The highest BCUT2D eigenvalue weighted by molar-refractivity contribution is 8.04. The highest BCUT2D eigenvalue weighted by Crippen LogP contribution is 2.46. The Kier molecular flexibility index (Phi) is 6.36. The summed E-state index contributed by atoms with van der Waals surface area (Å²) in [5.41, 5.74) is 3.96. The maximum absolute atomic E-state index is 11.9. The van der Waals surface area contributed by atoms with Gasteiger partial charge in [-0.3, -0.25) is 4.57 Å². The zero-order chi connectivity index (χ0) is 22.0. The SMILES string of the molecule is CCOP(=O)(O)CSc1nc2nc(-c3ccc(-c4ccccc4O)cc3)c(Cl)cc2[nH]1. The predicted octanol–water partition coefficient (Wildman–Crippen LogP) is 5.92. The molecule has 4 aromatic rings. The highest BCUT2D eigenvalue weighted by Gasteiger charge is 2.20. The van der Waals surface area contributed by atoms with E-state index in [1.165, 1.54) is 0 Å². The number of nitrogens with one attached hydrogen (secondary N) is 1. The highest BCUT2D eigenvalue weighted by atomic mass is 35.5. The molecule has 0 aliphatic rings. The van der Waals surface area contributed by atoms with E-state index in [0.29, 0.717) is 27.0 Å². The first kappa shape index (κ1) is 21.9. The molecule has 0 aliphatic carbocycles. The van der Waals surface area contributed by atoms with Crippen molar-refractivity contribution in [3.8, 4) is 28.1 Å². The minimum atomic E-state index is -3.66. The van der Waals surface area contributed by atoms with Crippen LogP contribution in [0.2, 0.25) is 5.02 Å². The van der Waals surface area contributed by atoms with Crippen molar-refractivity contribution in [1.29, 1.82) is 0 Å². The molecule has 31 heavy (non-hydrogen) atoms. The third-order valence-corrected chi connectivity index (χ3v) is 7.71. The van der Waals surface area contributed by atoms with Crippen molar-refractivity contribution < 1.29 is 19.1 Å². The van der Waals surface area contributed by atoms with Crippen LogP contribution in [0.15, 0.2) is 59.8 Å². The van der Waals surface area contributed by atoms with E-state index in [9.17, 15) is 14.6 Å². The summed E-state index contributed by atoms with van der Waals surface area (Å²) < 4.78 is 16.7. The molecule has 1 atom stereocenters. The Balaban J connectivity index is 1.60. The van der Waals surface area contributed by atoms with Crippen molar-refractivity contribution in [2.75, 3.05) is 12.1 Å². The van der Waals surface area contributed by atoms with Crippen LogP contribution in [-0.2, 0) is 9.09 Å². The zero-order valence-electron chi connectivity index (χ0n) is 16.4. The largest absolute Gasteiger partial charge is 0.507 e. The lowest BCUT2D eigenvalue weighted by Gasteiger charge is -2.08. The van der Waals surface area contributed by atoms with E-state index in [4.69, 9.17) is 16.1 Å². The van der Waals surface area contributed by atoms with Crippen molar-refractivity contribution >= 4 is 42.1 Å². The molecule has 0 spiro atoms. The van der Waals surface area contributed by atoms with Gasteiger partial charge in [-0.1, -0.05) is 65.8 Å². The minimum Gasteiger partial charge on any atom is -0.507 e. The van der Waals surface area contributed by atoms with Gasteiger partial charge in [0.25, 0.3) is 0 Å². The van der Waals surface area contributed by atoms with E-state index in [0.717, 1.165) is 28.5 Å². The van der Waals surface area contributed by atoms with Gasteiger partial charge in [0, 0.05) is 11.1 Å². The predicted molar refractivity (Wildman–Crippen MR) is 124 cm³/mol. The Morgan fingerprint density at radius 2 is 1.84 bits per heavy atom. The van der Waals surface area contributed by atoms with Gasteiger partial charge in [0.1, 0.15) is 11.2 Å². The van der Waals surface area contributed by atoms with Crippen LogP contribution in [0.4, 0.5) is 0 Å². The van der Waals surface area contributed by atoms with Gasteiger partial charge in [-0.25, -0.2) is 9.97 Å². The average molecular weight is 476 g/mol. The molecule has 3 N–H and O–H groups in total. The number of phenolic OH excluding ortho intramolecular Hbond substituents is 1. The van der Waals surface area contributed by atoms with Gasteiger partial charge in [0.05, 0.1) is 22.8 Å². The minimum absolute atomic E-state index is 0.116. The molecule has 0 amide bonds. The van der Waals surface area contributed by atoms with E-state index in [-0.39, 0.29) is 17.9 Å². The Bertz CT molecular complexity index is 1280. The molecular formula is C21H19ClN3O4PS. The van der Waals surface area contributed by atoms with Gasteiger partial charge >= 0.3 is 7.60 Å². The number of halogens is 1. The topological polar surface area (TPSA) is 108 Å². The molecule has 4 rings (SSSR count). The van der Waals surface area contributed by atoms with Crippen LogP contribution < -0.4 is 0 Å². The maximum Gasteiger partial charge on any atom is 0.338 e. The second-order valence-corrected chi connectivity index (χ2v) is 10.3. The fourth-order valence-electron chi connectivity index (χ4n) is 3.07. The first-order valence-corrected chi connectivity index (χ1v) is 12.5. The number of aromatic amines is 1. The molecule has 0 aliphatic heterocycles. The van der Waals surface area contributed by atoms with E-state index < -0.39 is 7.60 Å². The molecular weight excluding hydrogens is 457 g/mol. The van der Waals surface area contributed by atoms with Crippen LogP contribution >= 0.6 is 31.0 Å². The van der Waals surface area contributed by atoms with E-state index in [2.05, 4.69) is 15.0 Å². The standard InChI is InChI=1S/C21H19ClN3O4PS/c1-2-29-30(27,28)12-31-21-23-17-11-16(22)19(24-20(17)25-21)14-9-7-13(8-10-14)15-5-3-4-6-18(15)26/h3-11,26H,2,12H2,1H3,(H,27,28)(H,23,24,25). The number of thioether (sulfide) groups is 1. The van der Waals surface area contributed by atoms with Crippen LogP contribution in [0.5, 0.6) is 5.75 Å². The number of rotatable bonds is 7. The summed E-state index contributed by atoms with van der Waals surface area (Å²) in [5.74, 6) is 0.214. The van der Waals surface area contributed by atoms with Crippen molar-refractivity contribution in [2.24, 2.45) is 0 Å². The summed E-state index contributed by atoms with van der Waals surface area (Å²) in [7, 11) is -3.66. The molecule has 0 bridgehead atoms. The van der Waals surface area contributed by atoms with Crippen molar-refractivity contribution in [1.82, 2.24) is 15.0 Å². The number of aromatic nitrogens is 3. The summed E-state index contributed by atoms with van der Waals surface area (Å²) in [6.07, 6.45) is 0. The second kappa shape index (κ2) is 9.02. The van der Waals surface area contributed by atoms with Gasteiger partial charge < -0.3 is 19.5 Å². The number of aromatic hydroxyl groups is 1. The second-order valence-electron chi connectivity index (χ2n) is 6.66. The number of benzene rings is 2. The first-order chi connectivity index (χ1) is 14.9. The Hall–Kier alpha value is -2.35. The zero-order valence-corrected chi connectivity index (χ0v) is 18.9. The van der Waals surface area contributed by atoms with Crippen LogP contribution in [-0.4, -0.2) is 37.1 Å². The summed E-state index contributed by atoms with van der Waals surface area (Å²) in [6, 6.07) is 16.4. The van der Waals surface area contributed by atoms with Crippen LogP contribution in [0, 0.1) is 0 Å². The molecule has 0 saturated carbocycles. The number of hydrogen-bond donors (Lipinski definition) is 3. The third kappa shape index (κ3) is 4.95.